The standard InChI is InChI=1S/C16H19FN4O/c1-15(2)13(16(15,3)4)14(22)19-12-6-5-10(9-18-12)21-8-7-11(17)20-21/h5-9,13H,1-4H3,(H,18,19,22). The number of hydrogen-bond donors (Lipinski definition) is 1. The predicted octanol–water partition coefficient (Wildman–Crippen LogP) is 3.03. The van der Waals surface area contributed by atoms with Crippen LogP contribution in [0, 0.1) is 22.7 Å². The zero-order valence-electron chi connectivity index (χ0n) is 13.1. The van der Waals surface area contributed by atoms with Crippen molar-refractivity contribution in [2.75, 3.05) is 5.32 Å². The molecule has 0 saturated heterocycles. The van der Waals surface area contributed by atoms with E-state index in [4.69, 9.17) is 0 Å². The van der Waals surface area contributed by atoms with Gasteiger partial charge in [0.25, 0.3) is 0 Å². The molecule has 0 aromatic carbocycles. The first-order chi connectivity index (χ1) is 10.2. The van der Waals surface area contributed by atoms with Crippen molar-refractivity contribution >= 4 is 11.7 Å². The summed E-state index contributed by atoms with van der Waals surface area (Å²) in [5.74, 6) is -0.0995. The lowest BCUT2D eigenvalue weighted by atomic mass is 10.0. The van der Waals surface area contributed by atoms with Gasteiger partial charge >= 0.3 is 0 Å². The summed E-state index contributed by atoms with van der Waals surface area (Å²) in [6, 6.07) is 4.69. The maximum Gasteiger partial charge on any atom is 0.233 e. The van der Waals surface area contributed by atoms with Crippen LogP contribution in [0.4, 0.5) is 10.2 Å². The summed E-state index contributed by atoms with van der Waals surface area (Å²) < 4.78 is 14.3. The van der Waals surface area contributed by atoms with Crippen LogP contribution in [0.3, 0.4) is 0 Å². The number of pyridine rings is 1. The first-order valence-electron chi connectivity index (χ1n) is 7.22. The molecule has 3 rings (SSSR count). The molecular formula is C16H19FN4O. The minimum Gasteiger partial charge on any atom is -0.310 e. The number of nitrogens with zero attached hydrogens (tertiary/aromatic N) is 3. The van der Waals surface area contributed by atoms with Crippen molar-refractivity contribution in [3.05, 3.63) is 36.5 Å². The molecule has 1 amide bonds. The van der Waals surface area contributed by atoms with Gasteiger partial charge in [-0.25, -0.2) is 9.67 Å². The number of anilines is 1. The van der Waals surface area contributed by atoms with Gasteiger partial charge in [0.2, 0.25) is 11.9 Å². The average molecular weight is 302 g/mol. The smallest absolute Gasteiger partial charge is 0.233 e. The van der Waals surface area contributed by atoms with Crippen LogP contribution in [0.2, 0.25) is 0 Å². The Bertz CT molecular complexity index is 704. The molecule has 0 bridgehead atoms. The number of halogens is 1. The second kappa shape index (κ2) is 4.63. The van der Waals surface area contributed by atoms with E-state index in [9.17, 15) is 9.18 Å². The molecule has 2 aromatic rings. The van der Waals surface area contributed by atoms with Crippen molar-refractivity contribution in [3.8, 4) is 5.69 Å². The molecule has 22 heavy (non-hydrogen) atoms. The van der Waals surface area contributed by atoms with Crippen LogP contribution in [0.25, 0.3) is 5.69 Å². The summed E-state index contributed by atoms with van der Waals surface area (Å²) in [5, 5.41) is 6.52. The van der Waals surface area contributed by atoms with Crippen molar-refractivity contribution in [3.63, 3.8) is 0 Å². The lowest BCUT2D eigenvalue weighted by Crippen LogP contribution is -2.18. The Labute approximate surface area is 128 Å². The van der Waals surface area contributed by atoms with Gasteiger partial charge in [-0.1, -0.05) is 27.7 Å². The molecule has 0 unspecified atom stereocenters. The quantitative estimate of drug-likeness (QED) is 0.948. The minimum atomic E-state index is -0.546. The highest BCUT2D eigenvalue weighted by Gasteiger charge is 2.68. The predicted molar refractivity (Wildman–Crippen MR) is 81.0 cm³/mol. The lowest BCUT2D eigenvalue weighted by molar-refractivity contribution is -0.118. The first-order valence-corrected chi connectivity index (χ1v) is 7.22. The minimum absolute atomic E-state index is 0.0103. The van der Waals surface area contributed by atoms with Crippen LogP contribution >= 0.6 is 0 Å². The molecule has 2 heterocycles. The van der Waals surface area contributed by atoms with Crippen LogP contribution in [-0.4, -0.2) is 20.7 Å². The number of nitrogens with one attached hydrogen (secondary N) is 1. The fourth-order valence-electron chi connectivity index (χ4n) is 3.09. The molecule has 1 N–H and O–H groups in total. The number of carbonyl (C=O) groups excluding carboxylic acids is 1. The summed E-state index contributed by atoms with van der Waals surface area (Å²) in [4.78, 5) is 16.5. The number of hydrogen-bond acceptors (Lipinski definition) is 3. The highest BCUT2D eigenvalue weighted by atomic mass is 19.1. The monoisotopic (exact) mass is 302 g/mol. The molecule has 1 saturated carbocycles. The summed E-state index contributed by atoms with van der Waals surface area (Å²) in [6.07, 6.45) is 3.06. The normalized spacial score (nSPS) is 19.0. The van der Waals surface area contributed by atoms with Crippen LogP contribution in [0.1, 0.15) is 27.7 Å². The zero-order chi connectivity index (χ0) is 16.1. The van der Waals surface area contributed by atoms with Crippen molar-refractivity contribution in [1.82, 2.24) is 14.8 Å². The van der Waals surface area contributed by atoms with Gasteiger partial charge in [-0.3, -0.25) is 4.79 Å². The van der Waals surface area contributed by atoms with Gasteiger partial charge in [0.1, 0.15) is 5.82 Å². The number of carbonyl (C=O) groups is 1. The first kappa shape index (κ1) is 14.7. The third-order valence-corrected chi connectivity index (χ3v) is 5.10. The summed E-state index contributed by atoms with van der Waals surface area (Å²) >= 11 is 0. The third-order valence-electron chi connectivity index (χ3n) is 5.10. The third kappa shape index (κ3) is 2.19. The maximum atomic E-state index is 12.9. The van der Waals surface area contributed by atoms with E-state index in [0.717, 1.165) is 0 Å². The summed E-state index contributed by atoms with van der Waals surface area (Å²) in [6.45, 7) is 8.39. The van der Waals surface area contributed by atoms with E-state index >= 15 is 0 Å². The Balaban J connectivity index is 1.71. The molecule has 0 radical (unpaired) electrons. The van der Waals surface area contributed by atoms with Crippen molar-refractivity contribution in [1.29, 1.82) is 0 Å². The molecule has 0 aliphatic heterocycles. The molecule has 1 aliphatic carbocycles. The molecule has 0 spiro atoms. The van der Waals surface area contributed by atoms with Gasteiger partial charge in [0.15, 0.2) is 0 Å². The Kier molecular flexibility index (Phi) is 3.09. The van der Waals surface area contributed by atoms with E-state index in [1.807, 2.05) is 0 Å². The Morgan fingerprint density at radius 2 is 1.91 bits per heavy atom. The second-order valence-corrected chi connectivity index (χ2v) is 6.85. The lowest BCUT2D eigenvalue weighted by Gasteiger charge is -2.07. The van der Waals surface area contributed by atoms with Gasteiger partial charge < -0.3 is 5.32 Å². The van der Waals surface area contributed by atoms with Gasteiger partial charge in [-0.05, 0) is 23.0 Å². The van der Waals surface area contributed by atoms with E-state index < -0.39 is 5.95 Å². The van der Waals surface area contributed by atoms with E-state index in [-0.39, 0.29) is 22.7 Å². The second-order valence-electron chi connectivity index (χ2n) is 6.85. The molecule has 1 fully saturated rings. The molecule has 2 aromatic heterocycles. The topological polar surface area (TPSA) is 59.8 Å². The Hall–Kier alpha value is -2.24. The van der Waals surface area contributed by atoms with Gasteiger partial charge in [-0.2, -0.15) is 4.39 Å². The fourth-order valence-corrected chi connectivity index (χ4v) is 3.09. The van der Waals surface area contributed by atoms with E-state index in [1.165, 1.54) is 16.9 Å². The Morgan fingerprint density at radius 3 is 2.36 bits per heavy atom. The Morgan fingerprint density at radius 1 is 1.23 bits per heavy atom. The fraction of sp³-hybridized carbons (Fsp3) is 0.438. The van der Waals surface area contributed by atoms with Crippen LogP contribution in [0.5, 0.6) is 0 Å². The largest absolute Gasteiger partial charge is 0.310 e. The van der Waals surface area contributed by atoms with Gasteiger partial charge in [0, 0.05) is 18.2 Å². The average Bonchev–Trinajstić information content (AvgIpc) is 2.75. The molecule has 0 atom stereocenters. The molecule has 5 nitrogen and oxygen atoms in total. The molecular weight excluding hydrogens is 283 g/mol. The van der Waals surface area contributed by atoms with Gasteiger partial charge in [0.05, 0.1) is 11.9 Å². The van der Waals surface area contributed by atoms with E-state index in [2.05, 4.69) is 43.1 Å². The van der Waals surface area contributed by atoms with Crippen LogP contribution in [-0.2, 0) is 4.79 Å². The van der Waals surface area contributed by atoms with Crippen LogP contribution < -0.4 is 5.32 Å². The number of aromatic nitrogens is 3. The van der Waals surface area contributed by atoms with Crippen molar-refractivity contribution in [2.24, 2.45) is 16.7 Å². The van der Waals surface area contributed by atoms with Crippen molar-refractivity contribution < 1.29 is 9.18 Å². The molecule has 116 valence electrons. The maximum absolute atomic E-state index is 12.9. The highest BCUT2D eigenvalue weighted by molar-refractivity contribution is 5.95. The number of rotatable bonds is 3. The van der Waals surface area contributed by atoms with E-state index in [0.29, 0.717) is 11.5 Å². The number of amides is 1. The highest BCUT2D eigenvalue weighted by Crippen LogP contribution is 2.68. The SMILES string of the molecule is CC1(C)C(C(=O)Nc2ccc(-n3ccc(F)n3)cn2)C1(C)C. The summed E-state index contributed by atoms with van der Waals surface area (Å²) in [5.41, 5.74) is 0.613. The molecule has 1 aliphatic rings. The van der Waals surface area contributed by atoms with Crippen LogP contribution in [0.15, 0.2) is 30.6 Å². The van der Waals surface area contributed by atoms with E-state index in [1.54, 1.807) is 18.3 Å². The molecule has 6 heteroatoms. The summed E-state index contributed by atoms with van der Waals surface area (Å²) in [7, 11) is 0. The van der Waals surface area contributed by atoms with Crippen molar-refractivity contribution in [2.45, 2.75) is 27.7 Å². The zero-order valence-corrected chi connectivity index (χ0v) is 13.1. The van der Waals surface area contributed by atoms with Gasteiger partial charge in [-0.15, -0.1) is 5.10 Å².